The predicted octanol–water partition coefficient (Wildman–Crippen LogP) is 2.10. The Kier molecular flexibility index (Phi) is 4.72. The van der Waals surface area contributed by atoms with Gasteiger partial charge in [0.1, 0.15) is 12.0 Å². The Labute approximate surface area is 161 Å². The van der Waals surface area contributed by atoms with Gasteiger partial charge in [-0.15, -0.1) is 5.10 Å². The molecule has 0 saturated heterocycles. The molecule has 0 amide bonds. The van der Waals surface area contributed by atoms with Gasteiger partial charge >= 0.3 is 0 Å². The molecule has 9 nitrogen and oxygen atoms in total. The molecule has 10 heteroatoms. The summed E-state index contributed by atoms with van der Waals surface area (Å²) in [7, 11) is -3.69. The van der Waals surface area contributed by atoms with Crippen LogP contribution in [0.2, 0.25) is 0 Å². The van der Waals surface area contributed by atoms with E-state index in [0.29, 0.717) is 17.3 Å². The molecule has 3 aromatic heterocycles. The van der Waals surface area contributed by atoms with Crippen LogP contribution in [0.3, 0.4) is 0 Å². The maximum atomic E-state index is 12.5. The Morgan fingerprint density at radius 1 is 1.11 bits per heavy atom. The first kappa shape index (κ1) is 18.0. The number of hydrogen-bond acceptors (Lipinski definition) is 7. The van der Waals surface area contributed by atoms with E-state index in [2.05, 4.69) is 25.0 Å². The molecule has 1 N–H and O–H groups in total. The van der Waals surface area contributed by atoms with E-state index in [1.54, 1.807) is 54.5 Å². The summed E-state index contributed by atoms with van der Waals surface area (Å²) in [6.45, 7) is 1.77. The minimum atomic E-state index is -3.69. The van der Waals surface area contributed by atoms with Crippen LogP contribution in [0.1, 0.15) is 11.6 Å². The number of hydrogen-bond donors (Lipinski definition) is 1. The fourth-order valence-corrected chi connectivity index (χ4v) is 3.55. The second-order valence-electron chi connectivity index (χ2n) is 5.96. The van der Waals surface area contributed by atoms with Crippen molar-refractivity contribution in [2.75, 3.05) is 0 Å². The van der Waals surface area contributed by atoms with Gasteiger partial charge in [-0.3, -0.25) is 4.98 Å². The zero-order valence-corrected chi connectivity index (χ0v) is 15.7. The van der Waals surface area contributed by atoms with Crippen molar-refractivity contribution in [3.63, 3.8) is 0 Å². The van der Waals surface area contributed by atoms with Crippen LogP contribution in [0.5, 0.6) is 0 Å². The smallest absolute Gasteiger partial charge is 0.240 e. The van der Waals surface area contributed by atoms with Crippen LogP contribution in [0, 0.1) is 6.92 Å². The average molecular weight is 396 g/mol. The topological polar surface area (TPSA) is 116 Å². The van der Waals surface area contributed by atoms with Crippen LogP contribution in [0.15, 0.2) is 70.6 Å². The standard InChI is InChI=1S/C18H16N6O3S/c1-13-21-18(12-27-13)14-2-4-17(5-3-14)28(25,26)20-10-15-11-24(23-22-15)16-6-8-19-9-7-16/h2-9,11-12,20H,10H2,1H3. The van der Waals surface area contributed by atoms with E-state index in [0.717, 1.165) is 11.3 Å². The zero-order valence-electron chi connectivity index (χ0n) is 14.8. The van der Waals surface area contributed by atoms with Crippen molar-refractivity contribution in [1.82, 2.24) is 29.7 Å². The Morgan fingerprint density at radius 2 is 1.86 bits per heavy atom. The molecule has 0 spiro atoms. The van der Waals surface area contributed by atoms with Crippen molar-refractivity contribution in [2.45, 2.75) is 18.4 Å². The van der Waals surface area contributed by atoms with Crippen molar-refractivity contribution in [1.29, 1.82) is 0 Å². The molecule has 0 unspecified atom stereocenters. The molecule has 0 aliphatic carbocycles. The monoisotopic (exact) mass is 396 g/mol. The molecule has 0 aliphatic rings. The first-order chi connectivity index (χ1) is 13.5. The summed E-state index contributed by atoms with van der Waals surface area (Å²) >= 11 is 0. The normalized spacial score (nSPS) is 11.6. The van der Waals surface area contributed by atoms with Gasteiger partial charge in [0.25, 0.3) is 0 Å². The number of pyridine rings is 1. The second kappa shape index (κ2) is 7.33. The van der Waals surface area contributed by atoms with Crippen LogP contribution >= 0.6 is 0 Å². The Hall–Kier alpha value is -3.37. The molecule has 0 saturated carbocycles. The molecule has 0 fully saturated rings. The summed E-state index contributed by atoms with van der Waals surface area (Å²) in [4.78, 5) is 8.32. The van der Waals surface area contributed by atoms with Gasteiger partial charge < -0.3 is 4.42 Å². The lowest BCUT2D eigenvalue weighted by atomic mass is 10.2. The van der Waals surface area contributed by atoms with Gasteiger partial charge in [-0.05, 0) is 24.3 Å². The van der Waals surface area contributed by atoms with Crippen LogP contribution in [0.25, 0.3) is 16.9 Å². The van der Waals surface area contributed by atoms with Crippen LogP contribution in [-0.2, 0) is 16.6 Å². The lowest BCUT2D eigenvalue weighted by molar-refractivity contribution is 0.521. The summed E-state index contributed by atoms with van der Waals surface area (Å²) in [5, 5.41) is 7.99. The molecule has 1 aromatic carbocycles. The van der Waals surface area contributed by atoms with Gasteiger partial charge in [-0.1, -0.05) is 17.3 Å². The van der Waals surface area contributed by atoms with Gasteiger partial charge in [0.2, 0.25) is 10.0 Å². The minimum absolute atomic E-state index is 0.0254. The Morgan fingerprint density at radius 3 is 2.54 bits per heavy atom. The Bertz CT molecular complexity index is 1180. The van der Waals surface area contributed by atoms with Gasteiger partial charge in [-0.25, -0.2) is 22.8 Å². The van der Waals surface area contributed by atoms with Crippen LogP contribution < -0.4 is 4.72 Å². The fourth-order valence-electron chi connectivity index (χ4n) is 2.56. The molecule has 28 heavy (non-hydrogen) atoms. The molecule has 4 aromatic rings. The molecule has 0 radical (unpaired) electrons. The molecular weight excluding hydrogens is 380 g/mol. The molecule has 4 rings (SSSR count). The first-order valence-electron chi connectivity index (χ1n) is 8.35. The molecule has 0 bridgehead atoms. The zero-order chi connectivity index (χ0) is 19.6. The van der Waals surface area contributed by atoms with E-state index in [1.807, 2.05) is 0 Å². The van der Waals surface area contributed by atoms with Crippen molar-refractivity contribution in [2.24, 2.45) is 0 Å². The fraction of sp³-hybridized carbons (Fsp3) is 0.111. The van der Waals surface area contributed by atoms with Gasteiger partial charge in [0.05, 0.1) is 29.0 Å². The highest BCUT2D eigenvalue weighted by atomic mass is 32.2. The molecule has 0 atom stereocenters. The van der Waals surface area contributed by atoms with E-state index >= 15 is 0 Å². The van der Waals surface area contributed by atoms with Gasteiger partial charge in [0, 0.05) is 24.9 Å². The summed E-state index contributed by atoms with van der Waals surface area (Å²) in [5.41, 5.74) is 2.71. The predicted molar refractivity (Wildman–Crippen MR) is 99.9 cm³/mol. The number of aryl methyl sites for hydroxylation is 1. The first-order valence-corrected chi connectivity index (χ1v) is 9.83. The van der Waals surface area contributed by atoms with Crippen molar-refractivity contribution in [3.8, 4) is 16.9 Å². The van der Waals surface area contributed by atoms with E-state index in [1.165, 1.54) is 18.4 Å². The molecule has 0 aliphatic heterocycles. The summed E-state index contributed by atoms with van der Waals surface area (Å²) < 4.78 is 34.3. The summed E-state index contributed by atoms with van der Waals surface area (Å²) in [5.74, 6) is 0.549. The number of aromatic nitrogens is 5. The maximum absolute atomic E-state index is 12.5. The maximum Gasteiger partial charge on any atom is 0.240 e. The van der Waals surface area contributed by atoms with E-state index in [4.69, 9.17) is 4.42 Å². The second-order valence-corrected chi connectivity index (χ2v) is 7.73. The summed E-state index contributed by atoms with van der Waals surface area (Å²) in [6.07, 6.45) is 6.48. The largest absolute Gasteiger partial charge is 0.449 e. The number of oxazole rings is 1. The summed E-state index contributed by atoms with van der Waals surface area (Å²) in [6, 6.07) is 9.98. The number of rotatable bonds is 6. The third kappa shape index (κ3) is 3.82. The highest BCUT2D eigenvalue weighted by Crippen LogP contribution is 2.20. The lowest BCUT2D eigenvalue weighted by Crippen LogP contribution is -2.23. The SMILES string of the molecule is Cc1nc(-c2ccc(S(=O)(=O)NCc3cn(-c4ccncc4)nn3)cc2)co1. The molecule has 3 heterocycles. The van der Waals surface area contributed by atoms with Crippen LogP contribution in [0.4, 0.5) is 0 Å². The van der Waals surface area contributed by atoms with E-state index in [-0.39, 0.29) is 11.4 Å². The van der Waals surface area contributed by atoms with Crippen molar-refractivity contribution >= 4 is 10.0 Å². The lowest BCUT2D eigenvalue weighted by Gasteiger charge is -2.05. The number of benzene rings is 1. The van der Waals surface area contributed by atoms with Crippen LogP contribution in [-0.4, -0.2) is 33.4 Å². The highest BCUT2D eigenvalue weighted by molar-refractivity contribution is 7.89. The minimum Gasteiger partial charge on any atom is -0.449 e. The van der Waals surface area contributed by atoms with E-state index in [9.17, 15) is 8.42 Å². The molecular formula is C18H16N6O3S. The number of nitrogens with one attached hydrogen (secondary N) is 1. The quantitative estimate of drug-likeness (QED) is 0.530. The Balaban J connectivity index is 1.45. The van der Waals surface area contributed by atoms with E-state index < -0.39 is 10.0 Å². The number of nitrogens with zero attached hydrogens (tertiary/aromatic N) is 5. The average Bonchev–Trinajstić information content (AvgIpc) is 3.36. The molecule has 142 valence electrons. The van der Waals surface area contributed by atoms with Gasteiger partial charge in [0.15, 0.2) is 5.89 Å². The third-order valence-corrected chi connectivity index (χ3v) is 5.41. The van der Waals surface area contributed by atoms with Gasteiger partial charge in [-0.2, -0.15) is 0 Å². The number of sulfonamides is 1. The van der Waals surface area contributed by atoms with Crippen molar-refractivity contribution < 1.29 is 12.8 Å². The van der Waals surface area contributed by atoms with Crippen molar-refractivity contribution in [3.05, 3.63) is 72.8 Å². The third-order valence-electron chi connectivity index (χ3n) is 3.99. The highest BCUT2D eigenvalue weighted by Gasteiger charge is 2.15.